The lowest BCUT2D eigenvalue weighted by Crippen LogP contribution is -2.39. The first-order valence-corrected chi connectivity index (χ1v) is 11.3. The minimum atomic E-state index is -1.01. The molecule has 0 heterocycles. The Balaban J connectivity index is 1.40. The quantitative estimate of drug-likeness (QED) is 0.502. The van der Waals surface area contributed by atoms with Crippen LogP contribution in [0.5, 0.6) is 0 Å². The number of carbonyl (C=O) groups is 3. The molecule has 2 aromatic carbocycles. The molecular formula is C26H32N2O5. The van der Waals surface area contributed by atoms with Crippen molar-refractivity contribution in [2.24, 2.45) is 11.3 Å². The predicted octanol–water partition coefficient (Wildman–Crippen LogP) is 4.17. The average Bonchev–Trinajstić information content (AvgIpc) is 3.12. The van der Waals surface area contributed by atoms with Gasteiger partial charge in [-0.15, -0.1) is 0 Å². The van der Waals surface area contributed by atoms with Gasteiger partial charge in [0.05, 0.1) is 5.41 Å². The molecule has 2 amide bonds. The number of carboxylic acid groups (broad SMARTS) is 1. The number of rotatable bonds is 10. The van der Waals surface area contributed by atoms with Crippen LogP contribution in [0.2, 0.25) is 0 Å². The largest absolute Gasteiger partial charge is 0.481 e. The molecule has 0 aliphatic heterocycles. The number of benzene rings is 2. The monoisotopic (exact) mass is 452 g/mol. The van der Waals surface area contributed by atoms with Crippen LogP contribution in [0, 0.1) is 11.3 Å². The van der Waals surface area contributed by atoms with Crippen LogP contribution in [0.1, 0.15) is 50.7 Å². The van der Waals surface area contributed by atoms with Gasteiger partial charge in [-0.25, -0.2) is 4.79 Å². The molecule has 0 fully saturated rings. The van der Waals surface area contributed by atoms with E-state index in [0.29, 0.717) is 13.0 Å². The lowest BCUT2D eigenvalue weighted by Gasteiger charge is -2.20. The summed E-state index contributed by atoms with van der Waals surface area (Å²) >= 11 is 0. The molecular weight excluding hydrogens is 420 g/mol. The van der Waals surface area contributed by atoms with Crippen molar-refractivity contribution in [1.29, 1.82) is 0 Å². The van der Waals surface area contributed by atoms with E-state index in [1.807, 2.05) is 31.2 Å². The van der Waals surface area contributed by atoms with Gasteiger partial charge in [-0.2, -0.15) is 0 Å². The van der Waals surface area contributed by atoms with Crippen LogP contribution in [0.25, 0.3) is 11.1 Å². The van der Waals surface area contributed by atoms with Crippen LogP contribution in [0.3, 0.4) is 0 Å². The first-order valence-electron chi connectivity index (χ1n) is 11.3. The zero-order valence-corrected chi connectivity index (χ0v) is 19.4. The molecule has 0 aromatic heterocycles. The molecule has 0 spiro atoms. The topological polar surface area (TPSA) is 105 Å². The van der Waals surface area contributed by atoms with E-state index in [-0.39, 0.29) is 37.3 Å². The maximum Gasteiger partial charge on any atom is 0.407 e. The molecule has 0 saturated carbocycles. The SMILES string of the molecule is CC(CCC(=O)NCC(C)(C)C(=O)O)CNC(=O)OCC1c2ccccc2-c2ccccc21. The van der Waals surface area contributed by atoms with E-state index in [1.54, 1.807) is 13.8 Å². The summed E-state index contributed by atoms with van der Waals surface area (Å²) in [5.41, 5.74) is 3.68. The van der Waals surface area contributed by atoms with Gasteiger partial charge in [-0.3, -0.25) is 9.59 Å². The molecule has 1 aliphatic rings. The first-order chi connectivity index (χ1) is 15.7. The van der Waals surface area contributed by atoms with Crippen LogP contribution < -0.4 is 10.6 Å². The number of carboxylic acids is 1. The number of ether oxygens (including phenoxy) is 1. The van der Waals surface area contributed by atoms with Crippen molar-refractivity contribution in [3.8, 4) is 11.1 Å². The number of alkyl carbamates (subject to hydrolysis) is 1. The van der Waals surface area contributed by atoms with Crippen molar-refractivity contribution in [3.05, 3.63) is 59.7 Å². The van der Waals surface area contributed by atoms with E-state index < -0.39 is 17.5 Å². The lowest BCUT2D eigenvalue weighted by atomic mass is 9.94. The Morgan fingerprint density at radius 3 is 2.15 bits per heavy atom. The fourth-order valence-corrected chi connectivity index (χ4v) is 3.87. The van der Waals surface area contributed by atoms with Gasteiger partial charge in [0, 0.05) is 25.4 Å². The standard InChI is InChI=1S/C26H32N2O5/c1-17(12-13-23(29)28-16-26(2,3)24(30)31)14-27-25(32)33-15-22-20-10-6-4-8-18(20)19-9-5-7-11-21(19)22/h4-11,17,22H,12-16H2,1-3H3,(H,27,32)(H,28,29)(H,30,31). The summed E-state index contributed by atoms with van der Waals surface area (Å²) in [4.78, 5) is 35.4. The summed E-state index contributed by atoms with van der Waals surface area (Å²) in [5, 5.41) is 14.5. The van der Waals surface area contributed by atoms with Crippen LogP contribution in [-0.4, -0.2) is 42.8 Å². The van der Waals surface area contributed by atoms with E-state index >= 15 is 0 Å². The minimum Gasteiger partial charge on any atom is -0.481 e. The Labute approximate surface area is 194 Å². The fraction of sp³-hybridized carbons (Fsp3) is 0.423. The van der Waals surface area contributed by atoms with Crippen molar-refractivity contribution in [3.63, 3.8) is 0 Å². The summed E-state index contributed by atoms with van der Waals surface area (Å²) in [5.74, 6) is -1.07. The number of amides is 2. The molecule has 1 atom stereocenters. The molecule has 0 radical (unpaired) electrons. The minimum absolute atomic E-state index is 0.0133. The summed E-state index contributed by atoms with van der Waals surface area (Å²) in [6.45, 7) is 5.80. The third-order valence-corrected chi connectivity index (χ3v) is 6.11. The molecule has 7 nitrogen and oxygen atoms in total. The maximum atomic E-state index is 12.3. The maximum absolute atomic E-state index is 12.3. The molecule has 3 rings (SSSR count). The summed E-state index contributed by atoms with van der Waals surface area (Å²) < 4.78 is 5.53. The summed E-state index contributed by atoms with van der Waals surface area (Å²) in [6.07, 6.45) is 0.364. The smallest absolute Gasteiger partial charge is 0.407 e. The van der Waals surface area contributed by atoms with Gasteiger partial charge in [-0.05, 0) is 48.4 Å². The Hall–Kier alpha value is -3.35. The molecule has 176 valence electrons. The van der Waals surface area contributed by atoms with Gasteiger partial charge in [0.15, 0.2) is 0 Å². The van der Waals surface area contributed by atoms with Gasteiger partial charge in [0.25, 0.3) is 0 Å². The molecule has 0 saturated heterocycles. The van der Waals surface area contributed by atoms with Gasteiger partial charge in [-0.1, -0.05) is 55.5 Å². The number of nitrogens with one attached hydrogen (secondary N) is 2. The highest BCUT2D eigenvalue weighted by molar-refractivity contribution is 5.79. The molecule has 2 aromatic rings. The zero-order valence-electron chi connectivity index (χ0n) is 19.4. The molecule has 0 bridgehead atoms. The highest BCUT2D eigenvalue weighted by Gasteiger charge is 2.29. The first kappa shape index (κ1) is 24.3. The molecule has 3 N–H and O–H groups in total. The van der Waals surface area contributed by atoms with Crippen molar-refractivity contribution in [2.45, 2.75) is 39.5 Å². The highest BCUT2D eigenvalue weighted by atomic mass is 16.5. The van der Waals surface area contributed by atoms with Crippen molar-refractivity contribution >= 4 is 18.0 Å². The Kier molecular flexibility index (Phi) is 7.74. The number of fused-ring (bicyclic) bond motifs is 3. The van der Waals surface area contributed by atoms with Crippen LogP contribution >= 0.6 is 0 Å². The fourth-order valence-electron chi connectivity index (χ4n) is 3.87. The normalized spacial score (nSPS) is 13.5. The van der Waals surface area contributed by atoms with Gasteiger partial charge in [0.2, 0.25) is 5.91 Å². The average molecular weight is 453 g/mol. The van der Waals surface area contributed by atoms with E-state index in [1.165, 1.54) is 11.1 Å². The molecule has 33 heavy (non-hydrogen) atoms. The molecule has 7 heteroatoms. The number of hydrogen-bond donors (Lipinski definition) is 3. The van der Waals surface area contributed by atoms with Crippen LogP contribution in [0.4, 0.5) is 4.79 Å². The highest BCUT2D eigenvalue weighted by Crippen LogP contribution is 2.44. The Morgan fingerprint density at radius 1 is 1.00 bits per heavy atom. The second kappa shape index (κ2) is 10.5. The number of carbonyl (C=O) groups excluding carboxylic acids is 2. The van der Waals surface area contributed by atoms with Gasteiger partial charge in [0.1, 0.15) is 6.61 Å². The van der Waals surface area contributed by atoms with Gasteiger partial charge >= 0.3 is 12.1 Å². The molecule has 1 unspecified atom stereocenters. The summed E-state index contributed by atoms with van der Waals surface area (Å²) in [6, 6.07) is 16.4. The second-order valence-corrected chi connectivity index (χ2v) is 9.32. The third kappa shape index (κ3) is 6.12. The van der Waals surface area contributed by atoms with Crippen molar-refractivity contribution in [1.82, 2.24) is 10.6 Å². The lowest BCUT2D eigenvalue weighted by molar-refractivity contribution is -0.146. The molecule has 1 aliphatic carbocycles. The van der Waals surface area contributed by atoms with Crippen molar-refractivity contribution in [2.75, 3.05) is 19.7 Å². The van der Waals surface area contributed by atoms with Crippen LogP contribution in [0.15, 0.2) is 48.5 Å². The Bertz CT molecular complexity index is 972. The Morgan fingerprint density at radius 2 is 1.58 bits per heavy atom. The van der Waals surface area contributed by atoms with E-state index in [9.17, 15) is 14.4 Å². The number of hydrogen-bond acceptors (Lipinski definition) is 4. The second-order valence-electron chi connectivity index (χ2n) is 9.32. The van der Waals surface area contributed by atoms with Gasteiger partial charge < -0.3 is 20.5 Å². The predicted molar refractivity (Wildman–Crippen MR) is 126 cm³/mol. The number of aliphatic carboxylic acids is 1. The van der Waals surface area contributed by atoms with Crippen LogP contribution in [-0.2, 0) is 14.3 Å². The van der Waals surface area contributed by atoms with E-state index in [0.717, 1.165) is 11.1 Å². The third-order valence-electron chi connectivity index (χ3n) is 6.11. The summed E-state index contributed by atoms with van der Waals surface area (Å²) in [7, 11) is 0. The zero-order chi connectivity index (χ0) is 24.0. The van der Waals surface area contributed by atoms with Crippen molar-refractivity contribution < 1.29 is 24.2 Å². The van der Waals surface area contributed by atoms with E-state index in [2.05, 4.69) is 34.9 Å². The van der Waals surface area contributed by atoms with E-state index in [4.69, 9.17) is 9.84 Å².